The summed E-state index contributed by atoms with van der Waals surface area (Å²) in [5.74, 6) is 0. The predicted molar refractivity (Wildman–Crippen MR) is 99.1 cm³/mol. The number of imidazole rings is 1. The van der Waals surface area contributed by atoms with E-state index in [2.05, 4.69) is 67.4 Å². The molecule has 5 heteroatoms. The number of allylic oxidation sites excluding steroid dienone is 4. The fourth-order valence-electron chi connectivity index (χ4n) is 2.29. The van der Waals surface area contributed by atoms with Gasteiger partial charge < -0.3 is 4.57 Å². The Hall–Kier alpha value is -1.19. The van der Waals surface area contributed by atoms with Crippen molar-refractivity contribution >= 4 is 29.4 Å². The fraction of sp³-hybridized carbons (Fsp3) is 0.158. The normalized spacial score (nSPS) is 13.8. The van der Waals surface area contributed by atoms with E-state index in [1.54, 1.807) is 6.20 Å². The van der Waals surface area contributed by atoms with Gasteiger partial charge in [0.1, 0.15) is 0 Å². The van der Waals surface area contributed by atoms with Crippen molar-refractivity contribution in [2.24, 2.45) is 5.41 Å². The minimum atomic E-state index is -0.556. The van der Waals surface area contributed by atoms with Crippen LogP contribution in [0, 0.1) is 11.5 Å². The molecule has 2 aromatic carbocycles. The van der Waals surface area contributed by atoms with Crippen molar-refractivity contribution in [3.8, 4) is 5.69 Å². The van der Waals surface area contributed by atoms with Crippen LogP contribution >= 0.6 is 18.6 Å². The van der Waals surface area contributed by atoms with Gasteiger partial charge in [-0.15, -0.1) is 41.1 Å². The van der Waals surface area contributed by atoms with E-state index >= 15 is 0 Å². The quantitative estimate of drug-likeness (QED) is 0.363. The molecule has 4 rings (SSSR count). The second-order valence-electron chi connectivity index (χ2n) is 5.78. The number of benzene rings is 1. The maximum Gasteiger partial charge on any atom is 0.0977 e. The van der Waals surface area contributed by atoms with Crippen molar-refractivity contribution in [1.82, 2.24) is 9.55 Å². The number of fused-ring (bicyclic) bond motifs is 1. The summed E-state index contributed by atoms with van der Waals surface area (Å²) in [6.07, 6.45) is 14.8. The third-order valence-corrected chi connectivity index (χ3v) is 3.47. The van der Waals surface area contributed by atoms with Gasteiger partial charge in [-0.2, -0.15) is 6.08 Å². The van der Waals surface area contributed by atoms with Gasteiger partial charge in [-0.25, -0.2) is 17.1 Å². The molecule has 0 unspecified atom stereocenters. The zero-order chi connectivity index (χ0) is 17.4. The Labute approximate surface area is 159 Å². The van der Waals surface area contributed by atoms with Gasteiger partial charge in [-0.1, -0.05) is 25.3 Å². The average Bonchev–Trinajstić information content (AvgIpc) is 3.27. The first-order chi connectivity index (χ1) is 11.6. The zero-order valence-corrected chi connectivity index (χ0v) is 16.7. The first kappa shape index (κ1) is 19.1. The van der Waals surface area contributed by atoms with E-state index in [-0.39, 0.29) is 5.41 Å². The maximum absolute atomic E-state index is 4.89. The van der Waals surface area contributed by atoms with E-state index in [0.717, 1.165) is 0 Å². The monoisotopic (exact) mass is 392 g/mol. The molecule has 0 bridgehead atoms. The largest absolute Gasteiger partial charge is 0.325 e. The average molecular weight is 393 g/mol. The molecule has 1 aromatic heterocycles. The summed E-state index contributed by atoms with van der Waals surface area (Å²) in [6, 6.07) is 12.7. The Kier molecular flexibility index (Phi) is 7.45. The summed E-state index contributed by atoms with van der Waals surface area (Å²) in [5, 5.41) is 2.55. The standard InChI is InChI=1S/C12H9N2.C7H9.2ClH.Ti/c1-2-4-11-8-12(7-10(11)3-1)14-6-5-13-9-14;1-7(2)5-3-4-6-7;;;/h1-9H;3-5H,1-2H3;2*1H;/q2*-1;;;+2/p-2. The SMILES string of the molecule is CC1(C)[C-]=CC=C1.[Cl][Ti][Cl].c1ccc2[cH-]c(-n3ccnc3)cc2c1. The second-order valence-corrected chi connectivity index (χ2v) is 8.35. The Morgan fingerprint density at radius 1 is 1.25 bits per heavy atom. The van der Waals surface area contributed by atoms with Crippen LogP contribution < -0.4 is 0 Å². The molecule has 0 fully saturated rings. The minimum absolute atomic E-state index is 0.208. The number of rotatable bonds is 1. The molecule has 24 heavy (non-hydrogen) atoms. The molecule has 0 saturated carbocycles. The van der Waals surface area contributed by atoms with Crippen LogP contribution in [0.2, 0.25) is 0 Å². The second kappa shape index (κ2) is 9.34. The molecule has 0 atom stereocenters. The Morgan fingerprint density at radius 2 is 2.00 bits per heavy atom. The van der Waals surface area contributed by atoms with Gasteiger partial charge in [0, 0.05) is 12.4 Å². The predicted octanol–water partition coefficient (Wildman–Crippen LogP) is 6.06. The van der Waals surface area contributed by atoms with Crippen LogP contribution in [0.5, 0.6) is 0 Å². The Morgan fingerprint density at radius 3 is 2.50 bits per heavy atom. The van der Waals surface area contributed by atoms with E-state index in [1.807, 2.05) is 29.2 Å². The number of aromatic nitrogens is 2. The van der Waals surface area contributed by atoms with Crippen LogP contribution in [0.4, 0.5) is 0 Å². The molecule has 124 valence electrons. The maximum atomic E-state index is 4.89. The molecule has 0 saturated heterocycles. The van der Waals surface area contributed by atoms with Crippen molar-refractivity contribution in [1.29, 1.82) is 0 Å². The molecule has 1 aliphatic rings. The Balaban J connectivity index is 0.000000176. The number of hydrogen-bond acceptors (Lipinski definition) is 1. The van der Waals surface area contributed by atoms with Crippen LogP contribution in [0.25, 0.3) is 16.5 Å². The molecule has 0 radical (unpaired) electrons. The molecule has 0 N–H and O–H groups in total. The molecule has 2 nitrogen and oxygen atoms in total. The Bertz CT molecular complexity index is 755. The number of halogens is 2. The first-order valence-electron chi connectivity index (χ1n) is 7.44. The van der Waals surface area contributed by atoms with Crippen LogP contribution in [0.3, 0.4) is 0 Å². The van der Waals surface area contributed by atoms with Gasteiger partial charge in [0.25, 0.3) is 0 Å². The van der Waals surface area contributed by atoms with Crippen molar-refractivity contribution in [2.75, 3.05) is 0 Å². The zero-order valence-electron chi connectivity index (χ0n) is 13.6. The molecule has 1 heterocycles. The van der Waals surface area contributed by atoms with Gasteiger partial charge >= 0.3 is 35.6 Å². The van der Waals surface area contributed by atoms with E-state index in [4.69, 9.17) is 18.6 Å². The molecule has 0 aliphatic heterocycles. The van der Waals surface area contributed by atoms with Gasteiger partial charge in [-0.05, 0) is 5.69 Å². The van der Waals surface area contributed by atoms with Crippen LogP contribution in [0.15, 0.2) is 73.3 Å². The molecule has 3 aromatic rings. The molecule has 0 amide bonds. The van der Waals surface area contributed by atoms with E-state index < -0.39 is 17.0 Å². The number of nitrogens with zero attached hydrogens (tertiary/aromatic N) is 2. The summed E-state index contributed by atoms with van der Waals surface area (Å²) in [4.78, 5) is 4.03. The van der Waals surface area contributed by atoms with Crippen molar-refractivity contribution in [2.45, 2.75) is 13.8 Å². The van der Waals surface area contributed by atoms with Crippen molar-refractivity contribution < 1.29 is 17.0 Å². The van der Waals surface area contributed by atoms with Crippen LogP contribution in [0.1, 0.15) is 13.8 Å². The molecular weight excluding hydrogens is 375 g/mol. The summed E-state index contributed by atoms with van der Waals surface area (Å²) in [6.45, 7) is 4.26. The van der Waals surface area contributed by atoms with Gasteiger partial charge in [-0.3, -0.25) is 6.08 Å². The summed E-state index contributed by atoms with van der Waals surface area (Å²) in [5.41, 5.74) is 1.38. The van der Waals surface area contributed by atoms with Gasteiger partial charge in [0.05, 0.1) is 6.33 Å². The van der Waals surface area contributed by atoms with Crippen molar-refractivity contribution in [3.63, 3.8) is 0 Å². The summed E-state index contributed by atoms with van der Waals surface area (Å²) in [7, 11) is 9.78. The fourth-order valence-corrected chi connectivity index (χ4v) is 2.29. The van der Waals surface area contributed by atoms with Crippen LogP contribution in [-0.4, -0.2) is 9.55 Å². The first-order valence-corrected chi connectivity index (χ1v) is 11.7. The topological polar surface area (TPSA) is 17.8 Å². The number of hydrogen-bond donors (Lipinski definition) is 0. The van der Waals surface area contributed by atoms with Crippen LogP contribution in [-0.2, 0) is 17.0 Å². The summed E-state index contributed by atoms with van der Waals surface area (Å²) < 4.78 is 2.01. The smallest absolute Gasteiger partial charge is 0.0977 e. The van der Waals surface area contributed by atoms with Gasteiger partial charge in [0.15, 0.2) is 0 Å². The van der Waals surface area contributed by atoms with E-state index in [9.17, 15) is 0 Å². The van der Waals surface area contributed by atoms with E-state index in [0.29, 0.717) is 0 Å². The molecular formula is C19H18Cl2N2Ti-2. The minimum Gasteiger partial charge on any atom is -0.325 e. The third kappa shape index (κ3) is 5.71. The molecule has 0 spiro atoms. The third-order valence-electron chi connectivity index (χ3n) is 3.47. The van der Waals surface area contributed by atoms with E-state index in [1.165, 1.54) is 16.5 Å². The summed E-state index contributed by atoms with van der Waals surface area (Å²) >= 11 is -0.556. The van der Waals surface area contributed by atoms with Crippen molar-refractivity contribution in [3.05, 3.63) is 79.4 Å². The van der Waals surface area contributed by atoms with Gasteiger partial charge in [0.2, 0.25) is 0 Å². The molecule has 1 aliphatic carbocycles.